The zero-order valence-corrected chi connectivity index (χ0v) is 13.2. The summed E-state index contributed by atoms with van der Waals surface area (Å²) in [6.45, 7) is 1.93. The lowest BCUT2D eigenvalue weighted by atomic mass is 9.75. The molecule has 3 N–H and O–H groups in total. The Hall–Kier alpha value is -1.96. The molecule has 0 spiro atoms. The maximum atomic E-state index is 12.9. The normalized spacial score (nSPS) is 25.4. The minimum absolute atomic E-state index is 0.0370. The fourth-order valence-corrected chi connectivity index (χ4v) is 3.38. The molecule has 0 aromatic carbocycles. The highest BCUT2D eigenvalue weighted by Gasteiger charge is 2.46. The van der Waals surface area contributed by atoms with Crippen LogP contribution in [0.5, 0.6) is 0 Å². The van der Waals surface area contributed by atoms with E-state index in [1.807, 2.05) is 0 Å². The van der Waals surface area contributed by atoms with Gasteiger partial charge in [0.25, 0.3) is 5.91 Å². The highest BCUT2D eigenvalue weighted by atomic mass is 16.4. The van der Waals surface area contributed by atoms with E-state index in [1.54, 1.807) is 6.92 Å². The van der Waals surface area contributed by atoms with Gasteiger partial charge in [0, 0.05) is 6.54 Å². The molecular formula is C15H23N3O5. The van der Waals surface area contributed by atoms with Gasteiger partial charge in [0.15, 0.2) is 0 Å². The first-order chi connectivity index (χ1) is 10.8. The van der Waals surface area contributed by atoms with Gasteiger partial charge < -0.3 is 10.2 Å². The molecule has 23 heavy (non-hydrogen) atoms. The van der Waals surface area contributed by atoms with Crippen molar-refractivity contribution in [2.24, 2.45) is 10.9 Å². The van der Waals surface area contributed by atoms with Crippen molar-refractivity contribution in [3.05, 3.63) is 0 Å². The molecule has 1 aliphatic carbocycles. The van der Waals surface area contributed by atoms with Crippen molar-refractivity contribution in [2.75, 3.05) is 6.54 Å². The van der Waals surface area contributed by atoms with Gasteiger partial charge in [-0.2, -0.15) is 0 Å². The van der Waals surface area contributed by atoms with E-state index in [-0.39, 0.29) is 18.4 Å². The van der Waals surface area contributed by atoms with Gasteiger partial charge in [0.05, 0.1) is 0 Å². The fraction of sp³-hybridized carbons (Fsp3) is 0.733. The summed E-state index contributed by atoms with van der Waals surface area (Å²) >= 11 is 0. The minimum atomic E-state index is -1.20. The fourth-order valence-electron chi connectivity index (χ4n) is 3.38. The number of carbonyl (C=O) groups excluding carboxylic acids is 1. The molecule has 1 aliphatic heterocycles. The largest absolute Gasteiger partial charge is 0.480 e. The number of nitrogens with one attached hydrogen (secondary N) is 1. The Labute approximate surface area is 134 Å². The summed E-state index contributed by atoms with van der Waals surface area (Å²) in [5, 5.41) is 19.2. The van der Waals surface area contributed by atoms with E-state index >= 15 is 0 Å². The number of aliphatic imine (C=N–C) groups is 1. The lowest BCUT2D eigenvalue weighted by Crippen LogP contribution is -2.54. The number of nitrogens with zero attached hydrogens (tertiary/aromatic N) is 2. The second kappa shape index (κ2) is 7.08. The molecule has 0 radical (unpaired) electrons. The zero-order chi connectivity index (χ0) is 17.0. The lowest BCUT2D eigenvalue weighted by molar-refractivity contribution is -0.143. The van der Waals surface area contributed by atoms with Crippen LogP contribution >= 0.6 is 0 Å². The highest BCUT2D eigenvalue weighted by molar-refractivity contribution is 6.22. The Morgan fingerprint density at radius 1 is 1.17 bits per heavy atom. The SMILES string of the molecule is C[C@](N=CC(=O)O)(C(=O)N1CC[C@@H](C(=O)O)N1)C1CCCCC1. The predicted octanol–water partition coefficient (Wildman–Crippen LogP) is 0.671. The lowest BCUT2D eigenvalue weighted by Gasteiger charge is -2.37. The molecule has 1 heterocycles. The average molecular weight is 325 g/mol. The Morgan fingerprint density at radius 2 is 1.83 bits per heavy atom. The Balaban J connectivity index is 2.20. The van der Waals surface area contributed by atoms with Gasteiger partial charge in [0.1, 0.15) is 17.8 Å². The zero-order valence-electron chi connectivity index (χ0n) is 13.2. The van der Waals surface area contributed by atoms with Gasteiger partial charge in [0.2, 0.25) is 0 Å². The Kier molecular flexibility index (Phi) is 5.35. The van der Waals surface area contributed by atoms with E-state index < -0.39 is 23.5 Å². The molecular weight excluding hydrogens is 302 g/mol. The van der Waals surface area contributed by atoms with Crippen LogP contribution in [0.15, 0.2) is 4.99 Å². The molecule has 2 atom stereocenters. The molecule has 1 saturated carbocycles. The Morgan fingerprint density at radius 3 is 2.35 bits per heavy atom. The summed E-state index contributed by atoms with van der Waals surface area (Å²) in [5.41, 5.74) is 1.50. The molecule has 8 heteroatoms. The monoisotopic (exact) mass is 325 g/mol. The summed E-state index contributed by atoms with van der Waals surface area (Å²) in [6.07, 6.45) is 5.81. The van der Waals surface area contributed by atoms with Crippen molar-refractivity contribution >= 4 is 24.1 Å². The van der Waals surface area contributed by atoms with Crippen molar-refractivity contribution in [1.29, 1.82) is 0 Å². The second-order valence-electron chi connectivity index (χ2n) is 6.34. The maximum Gasteiger partial charge on any atom is 0.346 e. The smallest absolute Gasteiger partial charge is 0.346 e. The number of carbonyl (C=O) groups is 3. The number of hydrazine groups is 1. The quantitative estimate of drug-likeness (QED) is 0.639. The number of aliphatic carboxylic acids is 2. The predicted molar refractivity (Wildman–Crippen MR) is 82.0 cm³/mol. The molecule has 2 fully saturated rings. The third kappa shape index (κ3) is 3.87. The molecule has 1 amide bonds. The molecule has 1 saturated heterocycles. The van der Waals surface area contributed by atoms with Gasteiger partial charge in [-0.3, -0.25) is 19.6 Å². The number of rotatable bonds is 5. The van der Waals surface area contributed by atoms with E-state index in [4.69, 9.17) is 10.2 Å². The van der Waals surface area contributed by atoms with Crippen LogP contribution in [-0.2, 0) is 14.4 Å². The van der Waals surface area contributed by atoms with E-state index in [0.717, 1.165) is 38.3 Å². The van der Waals surface area contributed by atoms with Gasteiger partial charge in [-0.25, -0.2) is 10.2 Å². The topological polar surface area (TPSA) is 119 Å². The van der Waals surface area contributed by atoms with E-state index in [0.29, 0.717) is 6.42 Å². The van der Waals surface area contributed by atoms with Crippen molar-refractivity contribution in [3.8, 4) is 0 Å². The average Bonchev–Trinajstić information content (AvgIpc) is 3.03. The molecule has 2 rings (SSSR count). The summed E-state index contributed by atoms with van der Waals surface area (Å²) in [6, 6.07) is -0.794. The highest BCUT2D eigenvalue weighted by Crippen LogP contribution is 2.36. The summed E-state index contributed by atoms with van der Waals surface area (Å²) in [4.78, 5) is 38.9. The minimum Gasteiger partial charge on any atom is -0.480 e. The van der Waals surface area contributed by atoms with Crippen molar-refractivity contribution in [3.63, 3.8) is 0 Å². The first-order valence-corrected chi connectivity index (χ1v) is 7.93. The molecule has 0 aromatic heterocycles. The molecule has 0 aromatic rings. The van der Waals surface area contributed by atoms with Crippen LogP contribution in [0.1, 0.15) is 45.4 Å². The first-order valence-electron chi connectivity index (χ1n) is 7.93. The number of amides is 1. The van der Waals surface area contributed by atoms with E-state index in [9.17, 15) is 14.4 Å². The van der Waals surface area contributed by atoms with Crippen LogP contribution in [0, 0.1) is 5.92 Å². The number of hydrogen-bond donors (Lipinski definition) is 3. The number of carboxylic acid groups (broad SMARTS) is 2. The van der Waals surface area contributed by atoms with Crippen LogP contribution in [0.2, 0.25) is 0 Å². The molecule has 2 aliphatic rings. The Bertz CT molecular complexity index is 515. The van der Waals surface area contributed by atoms with Crippen molar-refractivity contribution < 1.29 is 24.6 Å². The van der Waals surface area contributed by atoms with Crippen LogP contribution in [0.3, 0.4) is 0 Å². The molecule has 128 valence electrons. The summed E-state index contributed by atoms with van der Waals surface area (Å²) in [5.74, 6) is -2.60. The molecule has 0 unspecified atom stereocenters. The van der Waals surface area contributed by atoms with E-state index in [1.165, 1.54) is 5.01 Å². The van der Waals surface area contributed by atoms with Crippen molar-refractivity contribution in [1.82, 2.24) is 10.4 Å². The van der Waals surface area contributed by atoms with Crippen LogP contribution in [0.25, 0.3) is 0 Å². The van der Waals surface area contributed by atoms with E-state index in [2.05, 4.69) is 10.4 Å². The standard InChI is InChI=1S/C15H23N3O5/c1-15(16-9-12(19)20,10-5-3-2-4-6-10)14(23)18-8-7-11(17-18)13(21)22/h9-11,17H,2-8H2,1H3,(H,19,20)(H,21,22)/t11-,15+/m0/s1. The van der Waals surface area contributed by atoms with Crippen LogP contribution in [0.4, 0.5) is 0 Å². The van der Waals surface area contributed by atoms with Crippen LogP contribution < -0.4 is 5.43 Å². The number of hydrogen-bond acceptors (Lipinski definition) is 5. The third-order valence-corrected chi connectivity index (χ3v) is 4.77. The first kappa shape index (κ1) is 17.4. The van der Waals surface area contributed by atoms with Gasteiger partial charge in [-0.15, -0.1) is 0 Å². The van der Waals surface area contributed by atoms with Crippen LogP contribution in [-0.4, -0.2) is 57.4 Å². The summed E-state index contributed by atoms with van der Waals surface area (Å²) < 4.78 is 0. The second-order valence-corrected chi connectivity index (χ2v) is 6.34. The van der Waals surface area contributed by atoms with Crippen molar-refractivity contribution in [2.45, 2.75) is 57.0 Å². The van der Waals surface area contributed by atoms with Gasteiger partial charge in [-0.05, 0) is 32.1 Å². The third-order valence-electron chi connectivity index (χ3n) is 4.77. The van der Waals surface area contributed by atoms with Gasteiger partial charge >= 0.3 is 11.9 Å². The van der Waals surface area contributed by atoms with Gasteiger partial charge in [-0.1, -0.05) is 19.3 Å². The maximum absolute atomic E-state index is 12.9. The molecule has 0 bridgehead atoms. The summed E-state index contributed by atoms with van der Waals surface area (Å²) in [7, 11) is 0. The molecule has 8 nitrogen and oxygen atoms in total. The number of carboxylic acids is 2.